The summed E-state index contributed by atoms with van der Waals surface area (Å²) >= 11 is 0. The van der Waals surface area contributed by atoms with Crippen LogP contribution in [0.3, 0.4) is 0 Å². The van der Waals surface area contributed by atoms with Crippen LogP contribution >= 0.6 is 0 Å². The highest BCUT2D eigenvalue weighted by Crippen LogP contribution is 2.27. The van der Waals surface area contributed by atoms with E-state index in [4.69, 9.17) is 10.5 Å². The summed E-state index contributed by atoms with van der Waals surface area (Å²) in [5, 5.41) is 0. The first kappa shape index (κ1) is 24.6. The van der Waals surface area contributed by atoms with Crippen LogP contribution in [0.1, 0.15) is 52.5 Å². The lowest BCUT2D eigenvalue weighted by molar-refractivity contribution is 0.291. The maximum Gasteiger partial charge on any atom is 0.119 e. The molecule has 4 nitrogen and oxygen atoms in total. The monoisotopic (exact) mass is 437 g/mol. The van der Waals surface area contributed by atoms with E-state index in [9.17, 15) is 0 Å². The highest BCUT2D eigenvalue weighted by Gasteiger charge is 2.29. The SMILES string of the molecule is CC(C)CCN(c1ccc(OCc2ccccc2)cc1)[C@H]1CCN(CC(N)CC(C)C)C1. The largest absolute Gasteiger partial charge is 0.489 e. The van der Waals surface area contributed by atoms with Gasteiger partial charge in [0.1, 0.15) is 12.4 Å². The van der Waals surface area contributed by atoms with Gasteiger partial charge in [0.2, 0.25) is 0 Å². The van der Waals surface area contributed by atoms with Gasteiger partial charge < -0.3 is 15.4 Å². The number of hydrogen-bond acceptors (Lipinski definition) is 4. The molecule has 1 aliphatic heterocycles. The van der Waals surface area contributed by atoms with E-state index in [1.165, 1.54) is 24.1 Å². The number of likely N-dealkylation sites (tertiary alicyclic amines) is 1. The van der Waals surface area contributed by atoms with Crippen LogP contribution in [0.25, 0.3) is 0 Å². The molecule has 3 rings (SSSR count). The van der Waals surface area contributed by atoms with Crippen LogP contribution in [0, 0.1) is 11.8 Å². The Morgan fingerprint density at radius 2 is 1.72 bits per heavy atom. The molecular weight excluding hydrogens is 394 g/mol. The zero-order valence-corrected chi connectivity index (χ0v) is 20.5. The molecule has 1 aliphatic rings. The van der Waals surface area contributed by atoms with E-state index < -0.39 is 0 Å². The van der Waals surface area contributed by atoms with Gasteiger partial charge in [-0.1, -0.05) is 58.0 Å². The first-order chi connectivity index (χ1) is 15.4. The number of ether oxygens (including phenoxy) is 1. The summed E-state index contributed by atoms with van der Waals surface area (Å²) in [5.74, 6) is 2.28. The topological polar surface area (TPSA) is 41.7 Å². The van der Waals surface area contributed by atoms with Gasteiger partial charge in [0.15, 0.2) is 0 Å². The Hall–Kier alpha value is -2.04. The van der Waals surface area contributed by atoms with E-state index in [1.54, 1.807) is 0 Å². The normalized spacial score (nSPS) is 17.8. The van der Waals surface area contributed by atoms with Crippen LogP contribution in [0.5, 0.6) is 5.75 Å². The van der Waals surface area contributed by atoms with E-state index in [1.807, 2.05) is 6.07 Å². The third-order valence-electron chi connectivity index (χ3n) is 6.32. The molecule has 1 heterocycles. The Morgan fingerprint density at radius 1 is 1.00 bits per heavy atom. The van der Waals surface area contributed by atoms with Crippen molar-refractivity contribution in [3.05, 3.63) is 60.2 Å². The average molecular weight is 438 g/mol. The number of benzene rings is 2. The van der Waals surface area contributed by atoms with E-state index >= 15 is 0 Å². The Kier molecular flexibility index (Phi) is 9.43. The fourth-order valence-corrected chi connectivity index (χ4v) is 4.64. The number of nitrogens with zero attached hydrogens (tertiary/aromatic N) is 2. The lowest BCUT2D eigenvalue weighted by Crippen LogP contribution is -2.41. The number of hydrogen-bond donors (Lipinski definition) is 1. The van der Waals surface area contributed by atoms with E-state index in [2.05, 4.69) is 86.0 Å². The molecule has 32 heavy (non-hydrogen) atoms. The molecule has 4 heteroatoms. The van der Waals surface area contributed by atoms with Crippen LogP contribution in [-0.4, -0.2) is 43.2 Å². The van der Waals surface area contributed by atoms with Gasteiger partial charge in [0, 0.05) is 44.0 Å². The van der Waals surface area contributed by atoms with Crippen molar-refractivity contribution in [3.63, 3.8) is 0 Å². The molecule has 0 aromatic heterocycles. The van der Waals surface area contributed by atoms with Crippen molar-refractivity contribution in [3.8, 4) is 5.75 Å². The first-order valence-corrected chi connectivity index (χ1v) is 12.4. The second-order valence-corrected chi connectivity index (χ2v) is 10.2. The molecule has 0 amide bonds. The summed E-state index contributed by atoms with van der Waals surface area (Å²) in [7, 11) is 0. The molecule has 1 unspecified atom stereocenters. The minimum Gasteiger partial charge on any atom is -0.489 e. The molecule has 2 aromatic carbocycles. The highest BCUT2D eigenvalue weighted by molar-refractivity contribution is 5.50. The third kappa shape index (κ3) is 7.83. The average Bonchev–Trinajstić information content (AvgIpc) is 3.21. The highest BCUT2D eigenvalue weighted by atomic mass is 16.5. The lowest BCUT2D eigenvalue weighted by atomic mass is 10.0. The molecule has 2 aromatic rings. The quantitative estimate of drug-likeness (QED) is 0.472. The second-order valence-electron chi connectivity index (χ2n) is 10.2. The zero-order valence-electron chi connectivity index (χ0n) is 20.5. The van der Waals surface area contributed by atoms with Crippen LogP contribution in [0.15, 0.2) is 54.6 Å². The Balaban J connectivity index is 1.61. The minimum absolute atomic E-state index is 0.277. The van der Waals surface area contributed by atoms with Crippen molar-refractivity contribution >= 4 is 5.69 Å². The standard InChI is InChI=1S/C28H43N3O/c1-22(2)14-17-31(27-15-16-30(20-27)19-25(29)18-23(3)4)26-10-12-28(13-11-26)32-21-24-8-6-5-7-9-24/h5-13,22-23,25,27H,14-21,29H2,1-4H3/t25?,27-/m0/s1. The van der Waals surface area contributed by atoms with Gasteiger partial charge in [-0.15, -0.1) is 0 Å². The van der Waals surface area contributed by atoms with Gasteiger partial charge in [0.05, 0.1) is 0 Å². The Labute approximate surface area is 195 Å². The van der Waals surface area contributed by atoms with Gasteiger partial charge in [-0.05, 0) is 60.9 Å². The van der Waals surface area contributed by atoms with Crippen LogP contribution < -0.4 is 15.4 Å². The second kappa shape index (κ2) is 12.3. The van der Waals surface area contributed by atoms with Gasteiger partial charge >= 0.3 is 0 Å². The van der Waals surface area contributed by atoms with E-state index in [0.717, 1.165) is 38.3 Å². The maximum atomic E-state index is 6.40. The van der Waals surface area contributed by atoms with Crippen molar-refractivity contribution in [2.45, 2.75) is 65.6 Å². The van der Waals surface area contributed by atoms with Crippen molar-refractivity contribution in [1.82, 2.24) is 4.90 Å². The van der Waals surface area contributed by atoms with Gasteiger partial charge in [-0.3, -0.25) is 4.90 Å². The maximum absolute atomic E-state index is 6.40. The van der Waals surface area contributed by atoms with E-state index in [-0.39, 0.29) is 6.04 Å². The molecule has 2 atom stereocenters. The molecule has 0 bridgehead atoms. The summed E-state index contributed by atoms with van der Waals surface area (Å²) in [6, 6.07) is 19.9. The van der Waals surface area contributed by atoms with Crippen molar-refractivity contribution in [2.24, 2.45) is 17.6 Å². The third-order valence-corrected chi connectivity index (χ3v) is 6.32. The first-order valence-electron chi connectivity index (χ1n) is 12.4. The summed E-state index contributed by atoms with van der Waals surface area (Å²) in [6.45, 7) is 14.1. The summed E-state index contributed by atoms with van der Waals surface area (Å²) in [5.41, 5.74) is 8.90. The summed E-state index contributed by atoms with van der Waals surface area (Å²) in [4.78, 5) is 5.19. The van der Waals surface area contributed by atoms with Crippen LogP contribution in [-0.2, 0) is 6.61 Å². The number of anilines is 1. The predicted molar refractivity (Wildman–Crippen MR) is 136 cm³/mol. The molecule has 0 aliphatic carbocycles. The number of nitrogens with two attached hydrogens (primary N) is 1. The number of rotatable bonds is 12. The molecule has 0 saturated carbocycles. The van der Waals surface area contributed by atoms with Gasteiger partial charge in [-0.25, -0.2) is 0 Å². The van der Waals surface area contributed by atoms with Gasteiger partial charge in [-0.2, -0.15) is 0 Å². The molecule has 0 radical (unpaired) electrons. The van der Waals surface area contributed by atoms with Crippen LogP contribution in [0.2, 0.25) is 0 Å². The fourth-order valence-electron chi connectivity index (χ4n) is 4.64. The smallest absolute Gasteiger partial charge is 0.119 e. The van der Waals surface area contributed by atoms with Crippen molar-refractivity contribution in [1.29, 1.82) is 0 Å². The molecule has 176 valence electrons. The molecule has 1 saturated heterocycles. The molecule has 0 spiro atoms. The predicted octanol–water partition coefficient (Wildman–Crippen LogP) is 5.57. The van der Waals surface area contributed by atoms with E-state index in [0.29, 0.717) is 24.5 Å². The summed E-state index contributed by atoms with van der Waals surface area (Å²) < 4.78 is 6.00. The Morgan fingerprint density at radius 3 is 2.38 bits per heavy atom. The molecule has 2 N–H and O–H groups in total. The van der Waals surface area contributed by atoms with Crippen LogP contribution in [0.4, 0.5) is 5.69 Å². The summed E-state index contributed by atoms with van der Waals surface area (Å²) in [6.07, 6.45) is 3.51. The fraction of sp³-hybridized carbons (Fsp3) is 0.571. The van der Waals surface area contributed by atoms with Gasteiger partial charge in [0.25, 0.3) is 0 Å². The zero-order chi connectivity index (χ0) is 22.9. The molecule has 1 fully saturated rings. The Bertz CT molecular complexity index is 775. The minimum atomic E-state index is 0.277. The van der Waals surface area contributed by atoms with Crippen molar-refractivity contribution in [2.75, 3.05) is 31.1 Å². The molecular formula is C28H43N3O. The lowest BCUT2D eigenvalue weighted by Gasteiger charge is -2.32. The van der Waals surface area contributed by atoms with Crippen molar-refractivity contribution < 1.29 is 4.74 Å².